The minimum Gasteiger partial charge on any atom is -0.349 e. The van der Waals surface area contributed by atoms with Gasteiger partial charge in [-0.05, 0) is 69.0 Å². The van der Waals surface area contributed by atoms with Crippen LogP contribution in [-0.2, 0) is 14.8 Å². The Bertz CT molecular complexity index is 1100. The number of hydrogen-bond acceptors (Lipinski definition) is 4. The van der Waals surface area contributed by atoms with E-state index in [0.29, 0.717) is 16.9 Å². The molecule has 7 nitrogen and oxygen atoms in total. The molecule has 0 unspecified atom stereocenters. The predicted molar refractivity (Wildman–Crippen MR) is 132 cm³/mol. The van der Waals surface area contributed by atoms with Crippen LogP contribution in [-0.4, -0.2) is 38.6 Å². The van der Waals surface area contributed by atoms with Crippen molar-refractivity contribution in [2.45, 2.75) is 65.0 Å². The number of para-hydroxylation sites is 1. The van der Waals surface area contributed by atoms with Crippen molar-refractivity contribution in [3.63, 3.8) is 0 Å². The molecular weight excluding hydrogens is 438 g/mol. The largest absolute Gasteiger partial charge is 0.349 e. The van der Waals surface area contributed by atoms with Gasteiger partial charge in [0, 0.05) is 6.04 Å². The number of amides is 2. The number of aryl methyl sites for hydroxylation is 2. The van der Waals surface area contributed by atoms with Gasteiger partial charge in [0.15, 0.2) is 0 Å². The molecule has 1 saturated carbocycles. The molecule has 2 aromatic carbocycles. The van der Waals surface area contributed by atoms with Gasteiger partial charge in [0.2, 0.25) is 15.9 Å². The molecule has 0 bridgehead atoms. The molecule has 0 aliphatic heterocycles. The van der Waals surface area contributed by atoms with Crippen LogP contribution in [0.15, 0.2) is 42.5 Å². The average molecular weight is 472 g/mol. The first-order chi connectivity index (χ1) is 15.6. The van der Waals surface area contributed by atoms with Crippen molar-refractivity contribution in [1.82, 2.24) is 5.32 Å². The quantitative estimate of drug-likeness (QED) is 0.634. The van der Waals surface area contributed by atoms with Gasteiger partial charge in [-0.15, -0.1) is 0 Å². The number of rotatable bonds is 7. The van der Waals surface area contributed by atoms with E-state index in [4.69, 9.17) is 0 Å². The molecule has 1 aliphatic carbocycles. The number of carbonyl (C=O) groups excluding carboxylic acids is 2. The number of nitrogens with one attached hydrogen (secondary N) is 2. The summed E-state index contributed by atoms with van der Waals surface area (Å²) in [4.78, 5) is 26.1. The lowest BCUT2D eigenvalue weighted by atomic mass is 9.95. The van der Waals surface area contributed by atoms with Gasteiger partial charge in [-0.25, -0.2) is 8.42 Å². The fourth-order valence-corrected chi connectivity index (χ4v) is 5.58. The molecule has 2 amide bonds. The average Bonchev–Trinajstić information content (AvgIpc) is 2.73. The van der Waals surface area contributed by atoms with E-state index in [0.717, 1.165) is 47.4 Å². The molecule has 33 heavy (non-hydrogen) atoms. The number of carbonyl (C=O) groups is 2. The molecule has 2 N–H and O–H groups in total. The van der Waals surface area contributed by atoms with E-state index in [2.05, 4.69) is 10.6 Å². The van der Waals surface area contributed by atoms with Crippen LogP contribution in [0, 0.1) is 13.8 Å². The lowest BCUT2D eigenvalue weighted by Crippen LogP contribution is -2.45. The van der Waals surface area contributed by atoms with Crippen molar-refractivity contribution in [2.24, 2.45) is 0 Å². The Morgan fingerprint density at radius 2 is 1.61 bits per heavy atom. The first-order valence-corrected chi connectivity index (χ1v) is 13.2. The van der Waals surface area contributed by atoms with Crippen molar-refractivity contribution in [3.8, 4) is 0 Å². The van der Waals surface area contributed by atoms with E-state index in [1.807, 2.05) is 19.9 Å². The van der Waals surface area contributed by atoms with Gasteiger partial charge >= 0.3 is 0 Å². The Hall–Kier alpha value is -2.87. The number of benzene rings is 2. The Balaban J connectivity index is 1.83. The highest BCUT2D eigenvalue weighted by molar-refractivity contribution is 7.92. The Morgan fingerprint density at radius 3 is 2.21 bits per heavy atom. The van der Waals surface area contributed by atoms with E-state index in [-0.39, 0.29) is 11.9 Å². The first kappa shape index (κ1) is 24.8. The van der Waals surface area contributed by atoms with Crippen LogP contribution in [0.5, 0.6) is 0 Å². The minimum atomic E-state index is -3.74. The molecule has 1 aliphatic rings. The summed E-state index contributed by atoms with van der Waals surface area (Å²) >= 11 is 0. The molecule has 2 aromatic rings. The number of sulfonamides is 1. The third-order valence-corrected chi connectivity index (χ3v) is 7.16. The summed E-state index contributed by atoms with van der Waals surface area (Å²) in [5.74, 6) is -0.753. The van der Waals surface area contributed by atoms with Crippen molar-refractivity contribution >= 4 is 33.2 Å². The van der Waals surface area contributed by atoms with Gasteiger partial charge in [0.05, 0.1) is 23.2 Å². The number of anilines is 2. The SMILES string of the molecule is Cc1cc(C)cc(N([C@H](C)C(=O)Nc2ccccc2C(=O)NC2CCCCC2)S(C)(=O)=O)c1. The second-order valence-electron chi connectivity index (χ2n) is 8.92. The summed E-state index contributed by atoms with van der Waals surface area (Å²) in [6.45, 7) is 5.30. The highest BCUT2D eigenvalue weighted by Crippen LogP contribution is 2.25. The molecule has 0 saturated heterocycles. The minimum absolute atomic E-state index is 0.138. The van der Waals surface area contributed by atoms with Gasteiger partial charge in [0.1, 0.15) is 6.04 Å². The van der Waals surface area contributed by atoms with E-state index in [1.54, 1.807) is 43.3 Å². The zero-order valence-electron chi connectivity index (χ0n) is 19.7. The molecule has 1 atom stereocenters. The summed E-state index contributed by atoms with van der Waals surface area (Å²) in [6, 6.07) is 11.3. The molecule has 0 heterocycles. The topological polar surface area (TPSA) is 95.6 Å². The third kappa shape index (κ3) is 6.35. The van der Waals surface area contributed by atoms with Crippen LogP contribution >= 0.6 is 0 Å². The fraction of sp³-hybridized carbons (Fsp3) is 0.440. The Labute approximate surface area is 196 Å². The maximum absolute atomic E-state index is 13.2. The van der Waals surface area contributed by atoms with Crippen LogP contribution in [0.4, 0.5) is 11.4 Å². The van der Waals surface area contributed by atoms with Gasteiger partial charge in [-0.3, -0.25) is 13.9 Å². The fourth-order valence-electron chi connectivity index (χ4n) is 4.42. The summed E-state index contributed by atoms with van der Waals surface area (Å²) in [7, 11) is -3.74. The molecule has 1 fully saturated rings. The van der Waals surface area contributed by atoms with Crippen molar-refractivity contribution in [1.29, 1.82) is 0 Å². The molecule has 3 rings (SSSR count). The molecule has 8 heteroatoms. The van der Waals surface area contributed by atoms with Gasteiger partial charge in [0.25, 0.3) is 5.91 Å². The summed E-state index contributed by atoms with van der Waals surface area (Å²) in [5, 5.41) is 5.84. The van der Waals surface area contributed by atoms with Crippen molar-refractivity contribution < 1.29 is 18.0 Å². The second-order valence-corrected chi connectivity index (χ2v) is 10.8. The van der Waals surface area contributed by atoms with E-state index >= 15 is 0 Å². The third-order valence-electron chi connectivity index (χ3n) is 5.92. The Morgan fingerprint density at radius 1 is 1.00 bits per heavy atom. The molecule has 0 radical (unpaired) electrons. The van der Waals surface area contributed by atoms with E-state index in [1.165, 1.54) is 6.42 Å². The smallest absolute Gasteiger partial charge is 0.253 e. The van der Waals surface area contributed by atoms with Crippen LogP contribution in [0.1, 0.15) is 60.5 Å². The second kappa shape index (κ2) is 10.4. The highest BCUT2D eigenvalue weighted by atomic mass is 32.2. The maximum Gasteiger partial charge on any atom is 0.253 e. The number of hydrogen-bond donors (Lipinski definition) is 2. The van der Waals surface area contributed by atoms with Crippen molar-refractivity contribution in [3.05, 3.63) is 59.2 Å². The Kier molecular flexibility index (Phi) is 7.79. The van der Waals surface area contributed by atoms with Gasteiger partial charge in [-0.2, -0.15) is 0 Å². The molecular formula is C25H33N3O4S. The zero-order chi connectivity index (χ0) is 24.2. The molecule has 0 spiro atoms. The van der Waals surface area contributed by atoms with Crippen molar-refractivity contribution in [2.75, 3.05) is 15.9 Å². The van der Waals surface area contributed by atoms with E-state index in [9.17, 15) is 18.0 Å². The molecule has 0 aromatic heterocycles. The van der Waals surface area contributed by atoms with Crippen LogP contribution in [0.3, 0.4) is 0 Å². The maximum atomic E-state index is 13.2. The summed E-state index contributed by atoms with van der Waals surface area (Å²) in [5.41, 5.74) is 2.95. The standard InChI is InChI=1S/C25H33N3O4S/c1-17-14-18(2)16-21(15-17)28(33(4,31)32)19(3)24(29)27-23-13-9-8-12-22(23)25(30)26-20-10-6-5-7-11-20/h8-9,12-16,19-20H,5-7,10-11H2,1-4H3,(H,26,30)(H,27,29)/t19-/m1/s1. The van der Waals surface area contributed by atoms with E-state index < -0.39 is 22.0 Å². The van der Waals surface area contributed by atoms with Gasteiger partial charge < -0.3 is 10.6 Å². The highest BCUT2D eigenvalue weighted by Gasteiger charge is 2.30. The lowest BCUT2D eigenvalue weighted by Gasteiger charge is -2.29. The molecule has 178 valence electrons. The van der Waals surface area contributed by atoms with Crippen LogP contribution < -0.4 is 14.9 Å². The van der Waals surface area contributed by atoms with Crippen LogP contribution in [0.25, 0.3) is 0 Å². The normalized spacial score (nSPS) is 15.5. The monoisotopic (exact) mass is 471 g/mol. The van der Waals surface area contributed by atoms with Gasteiger partial charge in [-0.1, -0.05) is 37.5 Å². The summed E-state index contributed by atoms with van der Waals surface area (Å²) in [6.07, 6.45) is 6.38. The zero-order valence-corrected chi connectivity index (χ0v) is 20.5. The lowest BCUT2D eigenvalue weighted by molar-refractivity contribution is -0.116. The first-order valence-electron chi connectivity index (χ1n) is 11.3. The summed E-state index contributed by atoms with van der Waals surface area (Å²) < 4.78 is 26.4. The van der Waals surface area contributed by atoms with Crippen LogP contribution in [0.2, 0.25) is 0 Å². The number of nitrogens with zero attached hydrogens (tertiary/aromatic N) is 1. The predicted octanol–water partition coefficient (Wildman–Crippen LogP) is 4.16.